The molecule has 0 saturated carbocycles. The van der Waals surface area contributed by atoms with Crippen molar-refractivity contribution < 1.29 is 22.7 Å². The molecule has 10 heteroatoms. The quantitative estimate of drug-likeness (QED) is 0.244. The second kappa shape index (κ2) is 14.7. The molecule has 0 saturated heterocycles. The molecule has 2 atom stereocenters. The minimum Gasteiger partial charge on any atom is -0.496 e. The Morgan fingerprint density at radius 2 is 1.64 bits per heavy atom. The fraction of sp³-hybridized carbons (Fsp3) is 0.375. The Labute approximate surface area is 258 Å². The van der Waals surface area contributed by atoms with E-state index in [9.17, 15) is 18.0 Å². The first-order valence-electron chi connectivity index (χ1n) is 14.0. The molecular weight excluding hydrogens is 618 g/mol. The molecule has 2 amide bonds. The molecular formula is C32H40BrN3O5S. The second-order valence-electron chi connectivity index (χ2n) is 10.3. The van der Waals surface area contributed by atoms with Gasteiger partial charge in [-0.3, -0.25) is 13.9 Å². The maximum absolute atomic E-state index is 14.2. The number of ether oxygens (including phenoxy) is 1. The van der Waals surface area contributed by atoms with Gasteiger partial charge < -0.3 is 15.0 Å². The maximum atomic E-state index is 14.2. The number of benzene rings is 3. The SMILES string of the molecule is CC[C@@H](C)NC(=O)[C@@H](CC)N(Cc1ccccc1C)C(=O)CN(c1ccc(C)cc1)S(=O)(=O)c1ccc(OC)c(Br)c1. The van der Waals surface area contributed by atoms with E-state index in [1.165, 1.54) is 24.1 Å². The number of hydrogen-bond acceptors (Lipinski definition) is 5. The molecule has 3 aromatic carbocycles. The molecule has 0 spiro atoms. The number of rotatable bonds is 13. The average Bonchev–Trinajstić information content (AvgIpc) is 2.96. The molecule has 0 aromatic heterocycles. The molecule has 8 nitrogen and oxygen atoms in total. The first-order chi connectivity index (χ1) is 19.9. The number of methoxy groups -OCH3 is 1. The lowest BCUT2D eigenvalue weighted by Crippen LogP contribution is -2.53. The van der Waals surface area contributed by atoms with Gasteiger partial charge in [-0.25, -0.2) is 8.42 Å². The van der Waals surface area contributed by atoms with Gasteiger partial charge in [0.2, 0.25) is 11.8 Å². The molecule has 0 heterocycles. The Morgan fingerprint density at radius 3 is 2.21 bits per heavy atom. The fourth-order valence-electron chi connectivity index (χ4n) is 4.51. The third-order valence-electron chi connectivity index (χ3n) is 7.30. The van der Waals surface area contributed by atoms with Gasteiger partial charge in [-0.2, -0.15) is 0 Å². The number of aryl methyl sites for hydroxylation is 2. The largest absolute Gasteiger partial charge is 0.496 e. The smallest absolute Gasteiger partial charge is 0.264 e. The number of sulfonamides is 1. The summed E-state index contributed by atoms with van der Waals surface area (Å²) in [6.45, 7) is 9.26. The van der Waals surface area contributed by atoms with Crippen molar-refractivity contribution in [1.29, 1.82) is 0 Å². The highest BCUT2D eigenvalue weighted by molar-refractivity contribution is 9.10. The molecule has 1 N–H and O–H groups in total. The number of hydrogen-bond donors (Lipinski definition) is 1. The van der Waals surface area contributed by atoms with E-state index in [1.807, 2.05) is 58.9 Å². The van der Waals surface area contributed by atoms with Crippen LogP contribution in [0.4, 0.5) is 5.69 Å². The highest BCUT2D eigenvalue weighted by atomic mass is 79.9. The third-order valence-corrected chi connectivity index (χ3v) is 9.69. The van der Waals surface area contributed by atoms with E-state index in [0.717, 1.165) is 27.4 Å². The zero-order valence-electron chi connectivity index (χ0n) is 25.1. The van der Waals surface area contributed by atoms with Crippen LogP contribution in [0.25, 0.3) is 0 Å². The minimum absolute atomic E-state index is 0.00411. The van der Waals surface area contributed by atoms with E-state index in [1.54, 1.807) is 30.3 Å². The van der Waals surface area contributed by atoms with Crippen molar-refractivity contribution in [1.82, 2.24) is 10.2 Å². The van der Waals surface area contributed by atoms with Crippen molar-refractivity contribution >= 4 is 43.5 Å². The van der Waals surface area contributed by atoms with Crippen molar-refractivity contribution in [3.05, 3.63) is 87.9 Å². The van der Waals surface area contributed by atoms with Crippen molar-refractivity contribution in [3.8, 4) is 5.75 Å². The summed E-state index contributed by atoms with van der Waals surface area (Å²) in [4.78, 5) is 29.1. The van der Waals surface area contributed by atoms with Gasteiger partial charge in [0.1, 0.15) is 18.3 Å². The number of nitrogens with zero attached hydrogens (tertiary/aromatic N) is 2. The Bertz CT molecular complexity index is 1490. The minimum atomic E-state index is -4.20. The molecule has 0 fully saturated rings. The summed E-state index contributed by atoms with van der Waals surface area (Å²) >= 11 is 3.37. The Balaban J connectivity index is 2.09. The molecule has 3 aromatic rings. The van der Waals surface area contributed by atoms with E-state index in [0.29, 0.717) is 22.3 Å². The summed E-state index contributed by atoms with van der Waals surface area (Å²) in [6, 6.07) is 18.2. The van der Waals surface area contributed by atoms with Crippen LogP contribution >= 0.6 is 15.9 Å². The summed E-state index contributed by atoms with van der Waals surface area (Å²) < 4.78 is 35.1. The van der Waals surface area contributed by atoms with Gasteiger partial charge in [-0.1, -0.05) is 55.8 Å². The van der Waals surface area contributed by atoms with Crippen LogP contribution in [0.3, 0.4) is 0 Å². The topological polar surface area (TPSA) is 96.0 Å². The third kappa shape index (κ3) is 7.92. The highest BCUT2D eigenvalue weighted by Crippen LogP contribution is 2.31. The molecule has 0 aliphatic carbocycles. The van der Waals surface area contributed by atoms with E-state index in [4.69, 9.17) is 4.74 Å². The maximum Gasteiger partial charge on any atom is 0.264 e. The molecule has 42 heavy (non-hydrogen) atoms. The van der Waals surface area contributed by atoms with E-state index in [2.05, 4.69) is 21.2 Å². The van der Waals surface area contributed by atoms with Crippen LogP contribution in [0, 0.1) is 13.8 Å². The zero-order valence-corrected chi connectivity index (χ0v) is 27.5. The van der Waals surface area contributed by atoms with E-state index < -0.39 is 28.5 Å². The Kier molecular flexibility index (Phi) is 11.6. The predicted octanol–water partition coefficient (Wildman–Crippen LogP) is 5.99. The van der Waals surface area contributed by atoms with Crippen LogP contribution in [-0.2, 0) is 26.2 Å². The molecule has 0 aliphatic rings. The predicted molar refractivity (Wildman–Crippen MR) is 170 cm³/mol. The number of carbonyl (C=O) groups excluding carboxylic acids is 2. The number of halogens is 1. The number of anilines is 1. The molecule has 0 radical (unpaired) electrons. The highest BCUT2D eigenvalue weighted by Gasteiger charge is 2.34. The summed E-state index contributed by atoms with van der Waals surface area (Å²) in [5.74, 6) is -0.270. The van der Waals surface area contributed by atoms with Crippen LogP contribution in [0.5, 0.6) is 5.75 Å². The summed E-state index contributed by atoms with van der Waals surface area (Å²) in [7, 11) is -2.70. The average molecular weight is 659 g/mol. The van der Waals surface area contributed by atoms with Crippen molar-refractivity contribution in [3.63, 3.8) is 0 Å². The van der Waals surface area contributed by atoms with Gasteiger partial charge in [0, 0.05) is 12.6 Å². The van der Waals surface area contributed by atoms with Gasteiger partial charge in [0.25, 0.3) is 10.0 Å². The van der Waals surface area contributed by atoms with Crippen LogP contribution in [-0.4, -0.2) is 50.9 Å². The molecule has 226 valence electrons. The lowest BCUT2D eigenvalue weighted by atomic mass is 10.1. The number of carbonyl (C=O) groups is 2. The monoisotopic (exact) mass is 657 g/mol. The fourth-order valence-corrected chi connectivity index (χ4v) is 6.64. The first-order valence-corrected chi connectivity index (χ1v) is 16.2. The summed E-state index contributed by atoms with van der Waals surface area (Å²) in [5, 5.41) is 3.00. The van der Waals surface area contributed by atoms with Crippen molar-refractivity contribution in [2.45, 2.75) is 71.0 Å². The lowest BCUT2D eigenvalue weighted by Gasteiger charge is -2.34. The first kappa shape index (κ1) is 33.1. The lowest BCUT2D eigenvalue weighted by molar-refractivity contribution is -0.140. The molecule has 3 rings (SSSR count). The molecule has 0 aliphatic heterocycles. The standard InChI is InChI=1S/C32H40BrN3O5S/c1-7-24(5)34-32(38)29(8-2)35(20-25-12-10-9-11-23(25)4)31(37)21-36(26-15-13-22(3)14-16-26)42(39,40)27-17-18-30(41-6)28(33)19-27/h9-19,24,29H,7-8,20-21H2,1-6H3,(H,34,38)/t24-,29-/m1/s1. The van der Waals surface area contributed by atoms with Gasteiger partial charge >= 0.3 is 0 Å². The van der Waals surface area contributed by atoms with Crippen LogP contribution in [0.15, 0.2) is 76.1 Å². The number of amides is 2. The van der Waals surface area contributed by atoms with Gasteiger partial charge in [-0.15, -0.1) is 0 Å². The van der Waals surface area contributed by atoms with Crippen LogP contribution < -0.4 is 14.4 Å². The zero-order chi connectivity index (χ0) is 31.0. The molecule has 0 bridgehead atoms. The van der Waals surface area contributed by atoms with Crippen molar-refractivity contribution in [2.24, 2.45) is 0 Å². The van der Waals surface area contributed by atoms with Crippen LogP contribution in [0.2, 0.25) is 0 Å². The normalized spacial score (nSPS) is 12.7. The summed E-state index contributed by atoms with van der Waals surface area (Å²) in [6.07, 6.45) is 1.10. The van der Waals surface area contributed by atoms with E-state index >= 15 is 0 Å². The Morgan fingerprint density at radius 1 is 0.976 bits per heavy atom. The van der Waals surface area contributed by atoms with Gasteiger partial charge in [-0.05, 0) is 91.0 Å². The van der Waals surface area contributed by atoms with Crippen molar-refractivity contribution in [2.75, 3.05) is 18.0 Å². The summed E-state index contributed by atoms with van der Waals surface area (Å²) in [5.41, 5.74) is 3.14. The second-order valence-corrected chi connectivity index (χ2v) is 13.1. The Hall–Kier alpha value is -3.37. The number of nitrogens with one attached hydrogen (secondary N) is 1. The van der Waals surface area contributed by atoms with Gasteiger partial charge in [0.15, 0.2) is 0 Å². The van der Waals surface area contributed by atoms with E-state index in [-0.39, 0.29) is 23.4 Å². The van der Waals surface area contributed by atoms with Crippen LogP contribution in [0.1, 0.15) is 50.3 Å². The molecule has 0 unspecified atom stereocenters. The van der Waals surface area contributed by atoms with Gasteiger partial charge in [0.05, 0.1) is 22.2 Å².